The van der Waals surface area contributed by atoms with Crippen molar-refractivity contribution in [3.8, 4) is 11.6 Å². The number of thioether (sulfide) groups is 1. The molecular formula is C22H20N4O2S. The number of hydrogen-bond donors (Lipinski definition) is 1. The number of nitrogens with zero attached hydrogens (tertiary/aromatic N) is 3. The van der Waals surface area contributed by atoms with Gasteiger partial charge in [-0.1, -0.05) is 42.1 Å². The van der Waals surface area contributed by atoms with Crippen molar-refractivity contribution in [2.75, 3.05) is 5.32 Å². The number of para-hydroxylation sites is 1. The minimum atomic E-state index is -0.121. The summed E-state index contributed by atoms with van der Waals surface area (Å²) in [6.45, 7) is 2.81. The molecule has 2 heterocycles. The van der Waals surface area contributed by atoms with Crippen LogP contribution in [0.25, 0.3) is 11.6 Å². The molecule has 0 atom stereocenters. The molecule has 0 unspecified atom stereocenters. The molecule has 0 bridgehead atoms. The first kappa shape index (κ1) is 19.0. The lowest BCUT2D eigenvalue weighted by atomic mass is 10.1. The van der Waals surface area contributed by atoms with Gasteiger partial charge in [-0.15, -0.1) is 10.2 Å². The molecule has 29 heavy (non-hydrogen) atoms. The monoisotopic (exact) mass is 404 g/mol. The smallest absolute Gasteiger partial charge is 0.255 e. The number of rotatable bonds is 7. The van der Waals surface area contributed by atoms with Gasteiger partial charge in [0.15, 0.2) is 16.7 Å². The third kappa shape index (κ3) is 4.41. The van der Waals surface area contributed by atoms with E-state index in [0.717, 1.165) is 34.5 Å². The quantitative estimate of drug-likeness (QED) is 0.434. The van der Waals surface area contributed by atoms with Crippen LogP contribution in [0.15, 0.2) is 82.6 Å². The maximum atomic E-state index is 12.4. The molecule has 1 N–H and O–H groups in total. The third-order valence-corrected chi connectivity index (χ3v) is 5.43. The fraction of sp³-hybridized carbons (Fsp3) is 0.136. The molecule has 0 spiro atoms. The molecule has 2 aromatic heterocycles. The van der Waals surface area contributed by atoms with Crippen molar-refractivity contribution >= 4 is 23.4 Å². The Labute approximate surface area is 173 Å². The predicted molar refractivity (Wildman–Crippen MR) is 114 cm³/mol. The Bertz CT molecular complexity index is 1070. The SMILES string of the molecule is CCn1c(SCc2ccc(C(=O)Nc3ccccc3)cc2)nnc1-c1ccco1. The van der Waals surface area contributed by atoms with E-state index in [0.29, 0.717) is 11.3 Å². The van der Waals surface area contributed by atoms with E-state index in [-0.39, 0.29) is 5.91 Å². The van der Waals surface area contributed by atoms with Crippen LogP contribution in [0, 0.1) is 0 Å². The van der Waals surface area contributed by atoms with Gasteiger partial charge >= 0.3 is 0 Å². The summed E-state index contributed by atoms with van der Waals surface area (Å²) >= 11 is 1.61. The Morgan fingerprint density at radius 1 is 1.03 bits per heavy atom. The number of carbonyl (C=O) groups is 1. The maximum absolute atomic E-state index is 12.4. The van der Waals surface area contributed by atoms with Crippen LogP contribution < -0.4 is 5.32 Å². The maximum Gasteiger partial charge on any atom is 0.255 e. The van der Waals surface area contributed by atoms with Crippen molar-refractivity contribution < 1.29 is 9.21 Å². The fourth-order valence-corrected chi connectivity index (χ4v) is 3.85. The second kappa shape index (κ2) is 8.79. The molecule has 0 saturated carbocycles. The van der Waals surface area contributed by atoms with Crippen LogP contribution in [-0.2, 0) is 12.3 Å². The van der Waals surface area contributed by atoms with E-state index < -0.39 is 0 Å². The number of nitrogens with one attached hydrogen (secondary N) is 1. The van der Waals surface area contributed by atoms with E-state index in [2.05, 4.69) is 22.4 Å². The first-order valence-electron chi connectivity index (χ1n) is 9.30. The van der Waals surface area contributed by atoms with Gasteiger partial charge in [0.05, 0.1) is 6.26 Å². The Hall–Kier alpha value is -3.32. The Balaban J connectivity index is 1.40. The van der Waals surface area contributed by atoms with Crippen molar-refractivity contribution in [1.29, 1.82) is 0 Å². The summed E-state index contributed by atoms with van der Waals surface area (Å²) in [5, 5.41) is 12.3. The summed E-state index contributed by atoms with van der Waals surface area (Å²) in [5.41, 5.74) is 2.51. The first-order valence-corrected chi connectivity index (χ1v) is 10.3. The zero-order chi connectivity index (χ0) is 20.1. The Morgan fingerprint density at radius 2 is 1.83 bits per heavy atom. The van der Waals surface area contributed by atoms with Crippen LogP contribution >= 0.6 is 11.8 Å². The summed E-state index contributed by atoms with van der Waals surface area (Å²) in [7, 11) is 0. The summed E-state index contributed by atoms with van der Waals surface area (Å²) < 4.78 is 7.48. The van der Waals surface area contributed by atoms with E-state index in [1.807, 2.05) is 71.3 Å². The number of amides is 1. The van der Waals surface area contributed by atoms with Gasteiger partial charge in [-0.3, -0.25) is 9.36 Å². The normalized spacial score (nSPS) is 10.8. The number of hydrogen-bond acceptors (Lipinski definition) is 5. The molecule has 0 saturated heterocycles. The van der Waals surface area contributed by atoms with Crippen molar-refractivity contribution in [3.05, 3.63) is 84.1 Å². The molecule has 0 aliphatic heterocycles. The van der Waals surface area contributed by atoms with Crippen LogP contribution in [0.1, 0.15) is 22.8 Å². The summed E-state index contributed by atoms with van der Waals surface area (Å²) in [6, 6.07) is 20.8. The minimum absolute atomic E-state index is 0.121. The van der Waals surface area contributed by atoms with Gasteiger partial charge in [0.1, 0.15) is 0 Å². The highest BCUT2D eigenvalue weighted by atomic mass is 32.2. The number of furan rings is 1. The van der Waals surface area contributed by atoms with Crippen molar-refractivity contribution in [2.45, 2.75) is 24.4 Å². The molecule has 4 rings (SSSR count). The zero-order valence-corrected chi connectivity index (χ0v) is 16.7. The number of carbonyl (C=O) groups excluding carboxylic acids is 1. The lowest BCUT2D eigenvalue weighted by molar-refractivity contribution is 0.102. The van der Waals surface area contributed by atoms with Crippen molar-refractivity contribution in [2.24, 2.45) is 0 Å². The van der Waals surface area contributed by atoms with Crippen LogP contribution in [0.3, 0.4) is 0 Å². The highest BCUT2D eigenvalue weighted by Crippen LogP contribution is 2.26. The molecule has 0 aliphatic rings. The van der Waals surface area contributed by atoms with Gasteiger partial charge in [-0.2, -0.15) is 0 Å². The second-order valence-electron chi connectivity index (χ2n) is 6.33. The van der Waals surface area contributed by atoms with Crippen LogP contribution in [0.4, 0.5) is 5.69 Å². The predicted octanol–water partition coefficient (Wildman–Crippen LogP) is 5.10. The third-order valence-electron chi connectivity index (χ3n) is 4.39. The highest BCUT2D eigenvalue weighted by molar-refractivity contribution is 7.98. The minimum Gasteiger partial charge on any atom is -0.461 e. The van der Waals surface area contributed by atoms with Gasteiger partial charge in [0.25, 0.3) is 5.91 Å². The molecule has 0 radical (unpaired) electrons. The molecule has 7 heteroatoms. The van der Waals surface area contributed by atoms with Crippen LogP contribution in [0.2, 0.25) is 0 Å². The molecule has 0 aliphatic carbocycles. The van der Waals surface area contributed by atoms with Crippen LogP contribution in [0.5, 0.6) is 0 Å². The summed E-state index contributed by atoms with van der Waals surface area (Å²) in [6.07, 6.45) is 1.63. The lowest BCUT2D eigenvalue weighted by Crippen LogP contribution is -2.11. The molecule has 6 nitrogen and oxygen atoms in total. The molecule has 146 valence electrons. The zero-order valence-electron chi connectivity index (χ0n) is 15.9. The standard InChI is InChI=1S/C22H20N4O2S/c1-2-26-20(19-9-6-14-28-19)24-25-22(26)29-15-16-10-12-17(13-11-16)21(27)23-18-7-4-3-5-8-18/h3-14H,2,15H2,1H3,(H,23,27). The fourth-order valence-electron chi connectivity index (χ4n) is 2.89. The highest BCUT2D eigenvalue weighted by Gasteiger charge is 2.15. The number of anilines is 1. The van der Waals surface area contributed by atoms with E-state index >= 15 is 0 Å². The van der Waals surface area contributed by atoms with Crippen molar-refractivity contribution in [3.63, 3.8) is 0 Å². The Kier molecular flexibility index (Phi) is 5.76. The molecule has 4 aromatic rings. The second-order valence-corrected chi connectivity index (χ2v) is 7.28. The van der Waals surface area contributed by atoms with E-state index in [1.165, 1.54) is 0 Å². The van der Waals surface area contributed by atoms with E-state index in [9.17, 15) is 4.79 Å². The number of aromatic nitrogens is 3. The van der Waals surface area contributed by atoms with Crippen molar-refractivity contribution in [1.82, 2.24) is 14.8 Å². The summed E-state index contributed by atoms with van der Waals surface area (Å²) in [5.74, 6) is 2.05. The lowest BCUT2D eigenvalue weighted by Gasteiger charge is -2.07. The van der Waals surface area contributed by atoms with Gasteiger partial charge < -0.3 is 9.73 Å². The molecular weight excluding hydrogens is 384 g/mol. The molecule has 0 fully saturated rings. The Morgan fingerprint density at radius 3 is 2.52 bits per heavy atom. The topological polar surface area (TPSA) is 73.0 Å². The molecule has 1 amide bonds. The van der Waals surface area contributed by atoms with E-state index in [4.69, 9.17) is 4.42 Å². The number of benzene rings is 2. The average Bonchev–Trinajstić information content (AvgIpc) is 3.42. The molecule has 2 aromatic carbocycles. The van der Waals surface area contributed by atoms with Gasteiger partial charge in [0.2, 0.25) is 0 Å². The average molecular weight is 404 g/mol. The first-order chi connectivity index (χ1) is 14.2. The van der Waals surface area contributed by atoms with E-state index in [1.54, 1.807) is 18.0 Å². The van der Waals surface area contributed by atoms with Gasteiger partial charge in [-0.25, -0.2) is 0 Å². The van der Waals surface area contributed by atoms with Crippen LogP contribution in [-0.4, -0.2) is 20.7 Å². The summed E-state index contributed by atoms with van der Waals surface area (Å²) in [4.78, 5) is 12.4. The van der Waals surface area contributed by atoms with Gasteiger partial charge in [0, 0.05) is 23.5 Å². The largest absolute Gasteiger partial charge is 0.461 e. The van der Waals surface area contributed by atoms with Gasteiger partial charge in [-0.05, 0) is 48.9 Å².